The van der Waals surface area contributed by atoms with Crippen molar-refractivity contribution < 1.29 is 8.42 Å². The van der Waals surface area contributed by atoms with Gasteiger partial charge in [0.15, 0.2) is 5.96 Å². The zero-order valence-corrected chi connectivity index (χ0v) is 19.7. The van der Waals surface area contributed by atoms with Crippen molar-refractivity contribution in [1.29, 1.82) is 0 Å². The van der Waals surface area contributed by atoms with Gasteiger partial charge in [-0.15, -0.1) is 24.0 Å². The van der Waals surface area contributed by atoms with E-state index in [9.17, 15) is 8.42 Å². The van der Waals surface area contributed by atoms with Gasteiger partial charge in [0.05, 0.1) is 5.75 Å². The topological polar surface area (TPSA) is 65.0 Å². The van der Waals surface area contributed by atoms with E-state index >= 15 is 0 Å². The summed E-state index contributed by atoms with van der Waals surface area (Å²) in [6.07, 6.45) is 7.59. The van der Waals surface area contributed by atoms with Crippen LogP contribution in [0.15, 0.2) is 17.1 Å². The van der Waals surface area contributed by atoms with Gasteiger partial charge in [0.2, 0.25) is 0 Å². The molecule has 0 aromatic heterocycles. The molecule has 1 atom stereocenters. The second kappa shape index (κ2) is 10.3. The van der Waals surface area contributed by atoms with Gasteiger partial charge < -0.3 is 10.2 Å². The Hall–Kier alpha value is -0.350. The molecule has 1 N–H and O–H groups in total. The lowest BCUT2D eigenvalue weighted by Gasteiger charge is -2.27. The van der Waals surface area contributed by atoms with Gasteiger partial charge in [-0.2, -0.15) is 0 Å². The summed E-state index contributed by atoms with van der Waals surface area (Å²) in [5.41, 5.74) is -0.123. The Balaban J connectivity index is 0.00000338. The number of nitrogens with one attached hydrogen (secondary N) is 1. The maximum Gasteiger partial charge on any atom is 0.193 e. The molecule has 0 aliphatic carbocycles. The van der Waals surface area contributed by atoms with Crippen molar-refractivity contribution >= 4 is 39.8 Å². The van der Waals surface area contributed by atoms with Crippen molar-refractivity contribution in [2.45, 2.75) is 39.7 Å². The fraction of sp³-hybridized carbons (Fsp3) is 0.833. The van der Waals surface area contributed by atoms with Gasteiger partial charge in [-0.25, -0.2) is 8.42 Å². The highest BCUT2D eigenvalue weighted by Gasteiger charge is 2.30. The Labute approximate surface area is 176 Å². The number of aliphatic imine (C=N–C) groups is 1. The molecule has 0 bridgehead atoms. The number of halogens is 1. The van der Waals surface area contributed by atoms with Crippen LogP contribution in [0.4, 0.5) is 0 Å². The van der Waals surface area contributed by atoms with E-state index in [1.54, 1.807) is 0 Å². The standard InChI is InChI=1S/C18H34N4O2S.HI/c1-5-19-17(20-15-18(2,3)9-13-25(4,23)24)22-12-8-16(14-22)21-10-6-7-11-21;/h6-7,16H,5,8-15H2,1-4H3,(H,19,20);1H. The second-order valence-corrected chi connectivity index (χ2v) is 10.3. The summed E-state index contributed by atoms with van der Waals surface area (Å²) in [5.74, 6) is 1.18. The molecule has 1 unspecified atom stereocenters. The second-order valence-electron chi connectivity index (χ2n) is 8.03. The van der Waals surface area contributed by atoms with Crippen molar-refractivity contribution in [3.63, 3.8) is 0 Å². The van der Waals surface area contributed by atoms with Crippen LogP contribution < -0.4 is 5.32 Å². The van der Waals surface area contributed by atoms with Gasteiger partial charge in [0.1, 0.15) is 9.84 Å². The van der Waals surface area contributed by atoms with Crippen LogP contribution in [0.3, 0.4) is 0 Å². The molecule has 26 heavy (non-hydrogen) atoms. The average molecular weight is 498 g/mol. The molecule has 0 aromatic rings. The SMILES string of the molecule is CCNC(=NCC(C)(C)CCS(C)(=O)=O)N1CCC(N2CC=CC2)C1.I. The lowest BCUT2D eigenvalue weighted by atomic mass is 9.90. The van der Waals surface area contributed by atoms with Gasteiger partial charge in [0.25, 0.3) is 0 Å². The molecule has 1 saturated heterocycles. The predicted molar refractivity (Wildman–Crippen MR) is 120 cm³/mol. The van der Waals surface area contributed by atoms with E-state index in [-0.39, 0.29) is 35.1 Å². The summed E-state index contributed by atoms with van der Waals surface area (Å²) in [5, 5.41) is 3.40. The van der Waals surface area contributed by atoms with E-state index < -0.39 is 9.84 Å². The Kier molecular flexibility index (Phi) is 9.35. The zero-order valence-electron chi connectivity index (χ0n) is 16.6. The lowest BCUT2D eigenvalue weighted by Crippen LogP contribution is -2.43. The summed E-state index contributed by atoms with van der Waals surface area (Å²) in [6.45, 7) is 11.9. The molecule has 2 rings (SSSR count). The van der Waals surface area contributed by atoms with Gasteiger partial charge >= 0.3 is 0 Å². The van der Waals surface area contributed by atoms with Crippen LogP contribution in [0.25, 0.3) is 0 Å². The van der Waals surface area contributed by atoms with Gasteiger partial charge in [-0.1, -0.05) is 26.0 Å². The predicted octanol–water partition coefficient (Wildman–Crippen LogP) is 1.98. The Morgan fingerprint density at radius 2 is 1.96 bits per heavy atom. The Bertz CT molecular complexity index is 596. The van der Waals surface area contributed by atoms with Crippen molar-refractivity contribution in [1.82, 2.24) is 15.1 Å². The summed E-state index contributed by atoms with van der Waals surface area (Å²) < 4.78 is 22.8. The number of rotatable bonds is 7. The molecule has 0 saturated carbocycles. The molecular formula is C18H35IN4O2S. The quantitative estimate of drug-likeness (QED) is 0.252. The number of sulfone groups is 1. The van der Waals surface area contributed by atoms with Crippen molar-refractivity contribution in [2.24, 2.45) is 10.4 Å². The third-order valence-electron chi connectivity index (χ3n) is 4.97. The first-order chi connectivity index (χ1) is 11.7. The van der Waals surface area contributed by atoms with Crippen LogP contribution in [0, 0.1) is 5.41 Å². The van der Waals surface area contributed by atoms with Crippen LogP contribution in [0.5, 0.6) is 0 Å². The molecule has 2 aliphatic heterocycles. The first-order valence-corrected chi connectivity index (χ1v) is 11.4. The van der Waals surface area contributed by atoms with E-state index in [0.717, 1.165) is 38.7 Å². The molecule has 8 heteroatoms. The summed E-state index contributed by atoms with van der Waals surface area (Å²) in [6, 6.07) is 0.595. The minimum absolute atomic E-state index is 0. The van der Waals surface area contributed by atoms with Gasteiger partial charge in [-0.05, 0) is 25.2 Å². The van der Waals surface area contributed by atoms with Crippen LogP contribution in [0.1, 0.15) is 33.6 Å². The molecular weight excluding hydrogens is 463 g/mol. The van der Waals surface area contributed by atoms with Crippen molar-refractivity contribution in [3.8, 4) is 0 Å². The van der Waals surface area contributed by atoms with E-state index in [1.165, 1.54) is 12.7 Å². The normalized spacial score (nSPS) is 21.9. The maximum atomic E-state index is 11.4. The Morgan fingerprint density at radius 3 is 2.54 bits per heavy atom. The van der Waals surface area contributed by atoms with Crippen molar-refractivity contribution in [2.75, 3.05) is 51.3 Å². The van der Waals surface area contributed by atoms with E-state index in [4.69, 9.17) is 4.99 Å². The highest BCUT2D eigenvalue weighted by molar-refractivity contribution is 14.0. The number of guanidine groups is 1. The van der Waals surface area contributed by atoms with Crippen LogP contribution in [-0.4, -0.2) is 81.5 Å². The van der Waals surface area contributed by atoms with E-state index in [1.807, 2.05) is 0 Å². The fourth-order valence-corrected chi connectivity index (χ4v) is 4.20. The lowest BCUT2D eigenvalue weighted by molar-refractivity contribution is 0.259. The minimum Gasteiger partial charge on any atom is -0.357 e. The molecule has 2 heterocycles. The molecule has 0 spiro atoms. The largest absolute Gasteiger partial charge is 0.357 e. The molecule has 0 amide bonds. The fourth-order valence-electron chi connectivity index (χ4n) is 3.28. The van der Waals surface area contributed by atoms with Crippen molar-refractivity contribution in [3.05, 3.63) is 12.2 Å². The zero-order chi connectivity index (χ0) is 18.5. The first-order valence-electron chi connectivity index (χ1n) is 9.30. The molecule has 2 aliphatic rings. The highest BCUT2D eigenvalue weighted by Crippen LogP contribution is 2.22. The molecule has 6 nitrogen and oxygen atoms in total. The third kappa shape index (κ3) is 7.72. The first kappa shape index (κ1) is 23.7. The smallest absolute Gasteiger partial charge is 0.193 e. The number of hydrogen-bond acceptors (Lipinski definition) is 4. The minimum atomic E-state index is -2.92. The molecule has 0 radical (unpaired) electrons. The van der Waals surface area contributed by atoms with Crippen LogP contribution in [-0.2, 0) is 9.84 Å². The number of nitrogens with zero attached hydrogens (tertiary/aromatic N) is 3. The number of hydrogen-bond donors (Lipinski definition) is 1. The summed E-state index contributed by atoms with van der Waals surface area (Å²) >= 11 is 0. The monoisotopic (exact) mass is 498 g/mol. The molecule has 0 aromatic carbocycles. The summed E-state index contributed by atoms with van der Waals surface area (Å²) in [4.78, 5) is 9.69. The highest BCUT2D eigenvalue weighted by atomic mass is 127. The van der Waals surface area contributed by atoms with Crippen LogP contribution >= 0.6 is 24.0 Å². The molecule has 152 valence electrons. The molecule has 1 fully saturated rings. The van der Waals surface area contributed by atoms with E-state index in [0.29, 0.717) is 19.0 Å². The van der Waals surface area contributed by atoms with Crippen LogP contribution in [0.2, 0.25) is 0 Å². The van der Waals surface area contributed by atoms with Gasteiger partial charge in [-0.3, -0.25) is 9.89 Å². The summed E-state index contributed by atoms with van der Waals surface area (Å²) in [7, 11) is -2.92. The average Bonchev–Trinajstić information content (AvgIpc) is 3.19. The maximum absolute atomic E-state index is 11.4. The van der Waals surface area contributed by atoms with E-state index in [2.05, 4.69) is 48.0 Å². The van der Waals surface area contributed by atoms with Gasteiger partial charge in [0, 0.05) is 51.6 Å². The number of likely N-dealkylation sites (tertiary alicyclic amines) is 1. The Morgan fingerprint density at radius 1 is 1.31 bits per heavy atom. The third-order valence-corrected chi connectivity index (χ3v) is 5.91.